The molecule has 4 aromatic rings. The zero-order valence-electron chi connectivity index (χ0n) is 17.4. The van der Waals surface area contributed by atoms with E-state index in [1.807, 2.05) is 66.7 Å². The summed E-state index contributed by atoms with van der Waals surface area (Å²) in [4.78, 5) is 15.2. The summed E-state index contributed by atoms with van der Waals surface area (Å²) in [6.07, 6.45) is 0.779. The monoisotopic (exact) mass is 465 g/mol. The smallest absolute Gasteiger partial charge is 0.214 e. The van der Waals surface area contributed by atoms with E-state index in [2.05, 4.69) is 4.57 Å². The second-order valence-electron chi connectivity index (χ2n) is 6.88. The number of hydrogen-bond acceptors (Lipinski definition) is 6. The van der Waals surface area contributed by atoms with Crippen molar-refractivity contribution in [2.75, 3.05) is 11.9 Å². The van der Waals surface area contributed by atoms with Gasteiger partial charge in [-0.1, -0.05) is 18.2 Å². The average Bonchev–Trinajstić information content (AvgIpc) is 3.61. The summed E-state index contributed by atoms with van der Waals surface area (Å²) in [6, 6.07) is 27.1. The van der Waals surface area contributed by atoms with Crippen molar-refractivity contribution >= 4 is 39.7 Å². The Hall–Kier alpha value is -4.42. The predicted octanol–water partition coefficient (Wildman–Crippen LogP) is 5.85. The highest BCUT2D eigenvalue weighted by molar-refractivity contribution is 7.19. The van der Waals surface area contributed by atoms with Gasteiger partial charge in [0.1, 0.15) is 23.8 Å². The van der Waals surface area contributed by atoms with Gasteiger partial charge in [0, 0.05) is 17.6 Å². The third-order valence-electron chi connectivity index (χ3n) is 4.94. The number of nitrogens with zero attached hydrogens (tertiary/aromatic N) is 5. The van der Waals surface area contributed by atoms with E-state index in [-0.39, 0.29) is 11.1 Å². The molecule has 0 spiro atoms. The average molecular weight is 466 g/mol. The Labute approximate surface area is 198 Å². The summed E-state index contributed by atoms with van der Waals surface area (Å²) < 4.78 is 2.12. The quantitative estimate of drug-likeness (QED) is 0.263. The van der Waals surface area contributed by atoms with Gasteiger partial charge in [0.2, 0.25) is 6.41 Å². The summed E-state index contributed by atoms with van der Waals surface area (Å²) in [5.41, 5.74) is 2.72. The Balaban J connectivity index is 1.88. The molecule has 0 radical (unpaired) electrons. The molecule has 33 heavy (non-hydrogen) atoms. The molecule has 0 saturated heterocycles. The van der Waals surface area contributed by atoms with E-state index >= 15 is 0 Å². The molecule has 0 atom stereocenters. The molecule has 4 rings (SSSR count). The van der Waals surface area contributed by atoms with Gasteiger partial charge in [0.05, 0.1) is 31.7 Å². The van der Waals surface area contributed by atoms with Crippen LogP contribution in [-0.4, -0.2) is 18.0 Å². The number of rotatable bonds is 6. The van der Waals surface area contributed by atoms with E-state index < -0.39 is 0 Å². The van der Waals surface area contributed by atoms with E-state index in [9.17, 15) is 20.6 Å². The number of para-hydroxylation sites is 1. The SMILES string of the molecule is CN(C=O)c1ccc(-c2ccc(-c3ccc(C(C#N)=C(C#N)C#N)s3)n2-c2ccccc2)s1. The first-order valence-electron chi connectivity index (χ1n) is 9.72. The van der Waals surface area contributed by atoms with Crippen molar-refractivity contribution in [2.24, 2.45) is 0 Å². The highest BCUT2D eigenvalue weighted by Crippen LogP contribution is 2.40. The lowest BCUT2D eigenvalue weighted by Crippen LogP contribution is -2.11. The summed E-state index contributed by atoms with van der Waals surface area (Å²) >= 11 is 2.87. The van der Waals surface area contributed by atoms with Crippen molar-refractivity contribution in [2.45, 2.75) is 0 Å². The first-order valence-corrected chi connectivity index (χ1v) is 11.3. The van der Waals surface area contributed by atoms with Gasteiger partial charge in [-0.05, 0) is 48.5 Å². The number of allylic oxidation sites excluding steroid dienone is 2. The topological polar surface area (TPSA) is 96.6 Å². The maximum atomic E-state index is 11.2. The third kappa shape index (κ3) is 4.07. The van der Waals surface area contributed by atoms with Crippen LogP contribution in [0.5, 0.6) is 0 Å². The zero-order chi connectivity index (χ0) is 23.4. The van der Waals surface area contributed by atoms with Crippen LogP contribution in [0, 0.1) is 34.0 Å². The number of carbonyl (C=O) groups excluding carboxylic acids is 1. The van der Waals surface area contributed by atoms with Crippen LogP contribution in [0.3, 0.4) is 0 Å². The molecule has 3 heterocycles. The Bertz CT molecular complexity index is 1470. The molecule has 6 nitrogen and oxygen atoms in total. The van der Waals surface area contributed by atoms with Crippen molar-refractivity contribution in [1.29, 1.82) is 15.8 Å². The van der Waals surface area contributed by atoms with Crippen LogP contribution in [0.15, 0.2) is 72.3 Å². The van der Waals surface area contributed by atoms with Crippen LogP contribution in [0.25, 0.3) is 32.4 Å². The molecule has 8 heteroatoms. The molecular formula is C25H15N5OS2. The Kier molecular flexibility index (Phi) is 6.20. The normalized spacial score (nSPS) is 10.0. The molecule has 3 aromatic heterocycles. The van der Waals surface area contributed by atoms with E-state index in [0.717, 1.165) is 38.2 Å². The number of benzene rings is 1. The molecule has 0 N–H and O–H groups in total. The highest BCUT2D eigenvalue weighted by atomic mass is 32.1. The Morgan fingerprint density at radius 2 is 1.48 bits per heavy atom. The van der Waals surface area contributed by atoms with Gasteiger partial charge in [-0.2, -0.15) is 15.8 Å². The second-order valence-corrected chi connectivity index (χ2v) is 9.02. The van der Waals surface area contributed by atoms with Gasteiger partial charge in [-0.15, -0.1) is 22.7 Å². The minimum Gasteiger partial charge on any atom is -0.310 e. The molecule has 1 amide bonds. The first-order chi connectivity index (χ1) is 16.1. The summed E-state index contributed by atoms with van der Waals surface area (Å²) in [6.45, 7) is 0. The van der Waals surface area contributed by atoms with Crippen LogP contribution < -0.4 is 4.90 Å². The van der Waals surface area contributed by atoms with E-state index in [4.69, 9.17) is 0 Å². The van der Waals surface area contributed by atoms with Gasteiger partial charge >= 0.3 is 0 Å². The minimum absolute atomic E-state index is 0.0779. The summed E-state index contributed by atoms with van der Waals surface area (Å²) in [5.74, 6) is 0. The van der Waals surface area contributed by atoms with Crippen molar-refractivity contribution in [3.63, 3.8) is 0 Å². The lowest BCUT2D eigenvalue weighted by atomic mass is 10.1. The van der Waals surface area contributed by atoms with E-state index in [1.54, 1.807) is 25.3 Å². The molecular weight excluding hydrogens is 450 g/mol. The molecule has 0 aliphatic carbocycles. The molecule has 1 aromatic carbocycles. The van der Waals surface area contributed by atoms with E-state index in [1.165, 1.54) is 27.6 Å². The van der Waals surface area contributed by atoms with Crippen LogP contribution in [0.2, 0.25) is 0 Å². The van der Waals surface area contributed by atoms with Crippen molar-refractivity contribution < 1.29 is 4.79 Å². The number of thiophene rings is 2. The number of aromatic nitrogens is 1. The maximum Gasteiger partial charge on any atom is 0.214 e. The first kappa shape index (κ1) is 21.8. The number of anilines is 1. The van der Waals surface area contributed by atoms with Gasteiger partial charge in [-0.3, -0.25) is 4.79 Å². The molecule has 158 valence electrons. The van der Waals surface area contributed by atoms with E-state index in [0.29, 0.717) is 4.88 Å². The highest BCUT2D eigenvalue weighted by Gasteiger charge is 2.19. The second kappa shape index (κ2) is 9.38. The molecule has 0 aliphatic rings. The molecule has 0 fully saturated rings. The van der Waals surface area contributed by atoms with Crippen molar-refractivity contribution in [3.05, 3.63) is 77.2 Å². The van der Waals surface area contributed by atoms with Crippen LogP contribution in [0.4, 0.5) is 5.00 Å². The fourth-order valence-corrected chi connectivity index (χ4v) is 5.34. The maximum absolute atomic E-state index is 11.2. The lowest BCUT2D eigenvalue weighted by Gasteiger charge is -2.12. The van der Waals surface area contributed by atoms with Gasteiger partial charge in [0.15, 0.2) is 0 Å². The molecule has 0 saturated carbocycles. The van der Waals surface area contributed by atoms with Gasteiger partial charge in [-0.25, -0.2) is 0 Å². The minimum atomic E-state index is -0.199. The van der Waals surface area contributed by atoms with Crippen LogP contribution in [-0.2, 0) is 4.79 Å². The molecule has 0 aliphatic heterocycles. The Morgan fingerprint density at radius 3 is 2.09 bits per heavy atom. The number of nitriles is 3. The van der Waals surface area contributed by atoms with Gasteiger partial charge in [0.25, 0.3) is 0 Å². The number of carbonyl (C=O) groups is 1. The largest absolute Gasteiger partial charge is 0.310 e. The predicted molar refractivity (Wildman–Crippen MR) is 131 cm³/mol. The lowest BCUT2D eigenvalue weighted by molar-refractivity contribution is -0.107. The van der Waals surface area contributed by atoms with Crippen LogP contribution in [0.1, 0.15) is 4.88 Å². The molecule has 0 bridgehead atoms. The van der Waals surface area contributed by atoms with Crippen molar-refractivity contribution in [1.82, 2.24) is 4.57 Å². The standard InChI is InChI=1S/C25H15N5OS2/c1-29(16-31)25-12-11-24(33-25)21-8-7-20(30(21)18-5-3-2-4-6-18)23-10-9-22(32-23)19(15-28)17(13-26)14-27/h2-12,16H,1H3. The molecule has 0 unspecified atom stereocenters. The number of hydrogen-bond donors (Lipinski definition) is 0. The van der Waals surface area contributed by atoms with Crippen LogP contribution >= 0.6 is 22.7 Å². The number of amides is 1. The zero-order valence-corrected chi connectivity index (χ0v) is 19.0. The fourth-order valence-electron chi connectivity index (χ4n) is 3.36. The third-order valence-corrected chi connectivity index (χ3v) is 7.26. The van der Waals surface area contributed by atoms with Gasteiger partial charge < -0.3 is 9.47 Å². The summed E-state index contributed by atoms with van der Waals surface area (Å²) in [7, 11) is 1.72. The summed E-state index contributed by atoms with van der Waals surface area (Å²) in [5, 5.41) is 28.7. The Morgan fingerprint density at radius 1 is 0.848 bits per heavy atom. The van der Waals surface area contributed by atoms with Crippen molar-refractivity contribution in [3.8, 4) is 45.0 Å². The fraction of sp³-hybridized carbons (Fsp3) is 0.0400.